The Balaban J connectivity index is 1.59. The minimum Gasteiger partial charge on any atom is -0.349 e. The largest absolute Gasteiger partial charge is 0.349 e. The number of piperidine rings is 1. The standard InChI is InChI=1S/C17H30N6O/c1-22(2)17(8-4-3-5-9-17)13-19-16(24)15-12-23(21-20-15)14-6-10-18-11-7-14/h12,14,18H,3-11,13H2,1-2H3,(H,19,24). The molecule has 1 saturated heterocycles. The summed E-state index contributed by atoms with van der Waals surface area (Å²) in [6.07, 6.45) is 9.93. The van der Waals surface area contributed by atoms with E-state index >= 15 is 0 Å². The summed E-state index contributed by atoms with van der Waals surface area (Å²) in [6.45, 7) is 2.67. The molecule has 7 nitrogen and oxygen atoms in total. The number of nitrogens with zero attached hydrogens (tertiary/aromatic N) is 4. The lowest BCUT2D eigenvalue weighted by molar-refractivity contribution is 0.0796. The van der Waals surface area contributed by atoms with Crippen molar-refractivity contribution in [3.05, 3.63) is 11.9 Å². The molecule has 0 aromatic carbocycles. The van der Waals surface area contributed by atoms with Crippen LogP contribution in [0.1, 0.15) is 61.5 Å². The molecule has 1 aliphatic carbocycles. The van der Waals surface area contributed by atoms with Gasteiger partial charge in [-0.15, -0.1) is 5.10 Å². The molecule has 3 rings (SSSR count). The third-order valence-electron chi connectivity index (χ3n) is 5.74. The SMILES string of the molecule is CN(C)C1(CNC(=O)c2cn(C3CCNCC3)nn2)CCCCC1. The molecule has 1 saturated carbocycles. The van der Waals surface area contributed by atoms with Gasteiger partial charge in [0.1, 0.15) is 0 Å². The number of carbonyl (C=O) groups excluding carboxylic acids is 1. The number of carbonyl (C=O) groups is 1. The van der Waals surface area contributed by atoms with Crippen LogP contribution in [0.3, 0.4) is 0 Å². The second-order valence-corrected chi connectivity index (χ2v) is 7.43. The highest BCUT2D eigenvalue weighted by Crippen LogP contribution is 2.31. The van der Waals surface area contributed by atoms with E-state index in [1.807, 2.05) is 4.68 Å². The van der Waals surface area contributed by atoms with Crippen molar-refractivity contribution in [1.29, 1.82) is 0 Å². The zero-order valence-electron chi connectivity index (χ0n) is 14.9. The Morgan fingerprint density at radius 1 is 1.33 bits per heavy atom. The van der Waals surface area contributed by atoms with E-state index < -0.39 is 0 Å². The fourth-order valence-corrected chi connectivity index (χ4v) is 3.96. The Bertz CT molecular complexity index is 543. The van der Waals surface area contributed by atoms with E-state index in [-0.39, 0.29) is 11.4 Å². The lowest BCUT2D eigenvalue weighted by Crippen LogP contribution is -2.53. The molecule has 1 aliphatic heterocycles. The number of aromatic nitrogens is 3. The second kappa shape index (κ2) is 7.61. The van der Waals surface area contributed by atoms with Crippen LogP contribution in [0.5, 0.6) is 0 Å². The van der Waals surface area contributed by atoms with E-state index in [1.165, 1.54) is 19.3 Å². The smallest absolute Gasteiger partial charge is 0.273 e. The number of hydrogen-bond donors (Lipinski definition) is 2. The van der Waals surface area contributed by atoms with Crippen molar-refractivity contribution < 1.29 is 4.79 Å². The lowest BCUT2D eigenvalue weighted by Gasteiger charge is -2.43. The monoisotopic (exact) mass is 334 g/mol. The molecule has 2 heterocycles. The van der Waals surface area contributed by atoms with E-state index in [4.69, 9.17) is 0 Å². The normalized spacial score (nSPS) is 21.8. The Kier molecular flexibility index (Phi) is 5.50. The van der Waals surface area contributed by atoms with Crippen molar-refractivity contribution in [2.75, 3.05) is 33.7 Å². The van der Waals surface area contributed by atoms with Gasteiger partial charge in [0.25, 0.3) is 5.91 Å². The summed E-state index contributed by atoms with van der Waals surface area (Å²) >= 11 is 0. The average molecular weight is 334 g/mol. The molecule has 0 atom stereocenters. The minimum absolute atomic E-state index is 0.0823. The maximum Gasteiger partial charge on any atom is 0.273 e. The highest BCUT2D eigenvalue weighted by Gasteiger charge is 2.34. The maximum atomic E-state index is 12.5. The summed E-state index contributed by atoms with van der Waals surface area (Å²) in [5.74, 6) is -0.109. The molecule has 1 aromatic rings. The number of likely N-dealkylation sites (N-methyl/N-ethyl adjacent to an activating group) is 1. The average Bonchev–Trinajstić information content (AvgIpc) is 3.11. The zero-order chi connectivity index (χ0) is 17.0. The summed E-state index contributed by atoms with van der Waals surface area (Å²) in [4.78, 5) is 14.8. The summed E-state index contributed by atoms with van der Waals surface area (Å²) in [6, 6.07) is 0.353. The highest BCUT2D eigenvalue weighted by atomic mass is 16.2. The van der Waals surface area contributed by atoms with Gasteiger partial charge in [-0.3, -0.25) is 4.79 Å². The molecule has 7 heteroatoms. The maximum absolute atomic E-state index is 12.5. The van der Waals surface area contributed by atoms with Crippen molar-refractivity contribution in [2.24, 2.45) is 0 Å². The van der Waals surface area contributed by atoms with Crippen molar-refractivity contribution >= 4 is 5.91 Å². The molecular weight excluding hydrogens is 304 g/mol. The highest BCUT2D eigenvalue weighted by molar-refractivity contribution is 5.91. The predicted molar refractivity (Wildman–Crippen MR) is 93.0 cm³/mol. The van der Waals surface area contributed by atoms with Crippen LogP contribution in [-0.4, -0.2) is 65.1 Å². The number of rotatable bonds is 5. The van der Waals surface area contributed by atoms with Crippen molar-refractivity contribution in [3.63, 3.8) is 0 Å². The van der Waals surface area contributed by atoms with Gasteiger partial charge in [-0.25, -0.2) is 4.68 Å². The molecule has 2 aliphatic rings. The lowest BCUT2D eigenvalue weighted by atomic mass is 9.80. The number of amides is 1. The van der Waals surface area contributed by atoms with E-state index in [0.29, 0.717) is 18.3 Å². The van der Waals surface area contributed by atoms with Gasteiger partial charge >= 0.3 is 0 Å². The third-order valence-corrected chi connectivity index (χ3v) is 5.74. The molecular formula is C17H30N6O. The molecule has 1 amide bonds. The van der Waals surface area contributed by atoms with Gasteiger partial charge in [0.2, 0.25) is 0 Å². The summed E-state index contributed by atoms with van der Waals surface area (Å²) in [7, 11) is 4.23. The summed E-state index contributed by atoms with van der Waals surface area (Å²) < 4.78 is 1.86. The minimum atomic E-state index is -0.109. The van der Waals surface area contributed by atoms with Gasteiger partial charge in [0.05, 0.1) is 12.2 Å². The van der Waals surface area contributed by atoms with E-state index in [0.717, 1.165) is 38.8 Å². The molecule has 0 unspecified atom stereocenters. The Morgan fingerprint density at radius 3 is 2.71 bits per heavy atom. The first kappa shape index (κ1) is 17.4. The topological polar surface area (TPSA) is 75.1 Å². The van der Waals surface area contributed by atoms with E-state index in [9.17, 15) is 4.79 Å². The van der Waals surface area contributed by atoms with Crippen LogP contribution >= 0.6 is 0 Å². The van der Waals surface area contributed by atoms with Crippen LogP contribution in [0.25, 0.3) is 0 Å². The van der Waals surface area contributed by atoms with Crippen LogP contribution < -0.4 is 10.6 Å². The first-order valence-electron chi connectivity index (χ1n) is 9.19. The van der Waals surface area contributed by atoms with Crippen LogP contribution in [-0.2, 0) is 0 Å². The van der Waals surface area contributed by atoms with E-state index in [2.05, 4.69) is 39.9 Å². The van der Waals surface area contributed by atoms with Gasteiger partial charge in [0.15, 0.2) is 5.69 Å². The Labute approximate surface area is 144 Å². The van der Waals surface area contributed by atoms with Crippen molar-refractivity contribution in [2.45, 2.75) is 56.5 Å². The number of nitrogens with one attached hydrogen (secondary N) is 2. The van der Waals surface area contributed by atoms with Crippen LogP contribution in [0.4, 0.5) is 0 Å². The van der Waals surface area contributed by atoms with Gasteiger partial charge in [-0.1, -0.05) is 24.5 Å². The number of hydrogen-bond acceptors (Lipinski definition) is 5. The quantitative estimate of drug-likeness (QED) is 0.846. The van der Waals surface area contributed by atoms with Crippen LogP contribution in [0, 0.1) is 0 Å². The molecule has 2 N–H and O–H groups in total. The fourth-order valence-electron chi connectivity index (χ4n) is 3.96. The second-order valence-electron chi connectivity index (χ2n) is 7.43. The summed E-state index contributed by atoms with van der Waals surface area (Å²) in [5, 5.41) is 14.7. The van der Waals surface area contributed by atoms with Crippen molar-refractivity contribution in [1.82, 2.24) is 30.5 Å². The molecule has 0 radical (unpaired) electrons. The first-order valence-corrected chi connectivity index (χ1v) is 9.19. The third kappa shape index (κ3) is 3.78. The first-order chi connectivity index (χ1) is 11.6. The van der Waals surface area contributed by atoms with Gasteiger partial charge < -0.3 is 15.5 Å². The molecule has 2 fully saturated rings. The molecule has 1 aromatic heterocycles. The molecule has 24 heavy (non-hydrogen) atoms. The molecule has 134 valence electrons. The molecule has 0 bridgehead atoms. The Morgan fingerprint density at radius 2 is 2.04 bits per heavy atom. The van der Waals surface area contributed by atoms with Gasteiger partial charge in [-0.2, -0.15) is 0 Å². The predicted octanol–water partition coefficient (Wildman–Crippen LogP) is 1.20. The zero-order valence-corrected chi connectivity index (χ0v) is 14.9. The fraction of sp³-hybridized carbons (Fsp3) is 0.824. The van der Waals surface area contributed by atoms with E-state index in [1.54, 1.807) is 6.20 Å². The molecule has 0 spiro atoms. The van der Waals surface area contributed by atoms with Crippen LogP contribution in [0.2, 0.25) is 0 Å². The van der Waals surface area contributed by atoms with Crippen molar-refractivity contribution in [3.8, 4) is 0 Å². The van der Waals surface area contributed by atoms with Gasteiger partial charge in [0, 0.05) is 12.1 Å². The summed E-state index contributed by atoms with van der Waals surface area (Å²) in [5.41, 5.74) is 0.511. The van der Waals surface area contributed by atoms with Gasteiger partial charge in [-0.05, 0) is 52.9 Å². The van der Waals surface area contributed by atoms with Crippen LogP contribution in [0.15, 0.2) is 6.20 Å². The Hall–Kier alpha value is -1.47.